The number of aromatic nitrogens is 3. The molecule has 0 aliphatic carbocycles. The lowest BCUT2D eigenvalue weighted by Crippen LogP contribution is -2.49. The number of para-hydroxylation sites is 1. The number of hydrogen-bond acceptors (Lipinski definition) is 4. The smallest absolute Gasteiger partial charge is 0.164 e. The van der Waals surface area contributed by atoms with Gasteiger partial charge >= 0.3 is 0 Å². The topological polar surface area (TPSA) is 51.8 Å². The zero-order valence-corrected chi connectivity index (χ0v) is 23.7. The average molecular weight is 603 g/mol. The lowest BCUT2D eigenvalue weighted by Gasteiger charge is -2.21. The number of nitrogens with zero attached hydrogens (tertiary/aromatic N) is 3. The molecule has 0 radical (unpaired) electrons. The van der Waals surface area contributed by atoms with Gasteiger partial charge in [-0.25, -0.2) is 15.0 Å². The van der Waals surface area contributed by atoms with Crippen LogP contribution in [0.1, 0.15) is 28.8 Å². The van der Waals surface area contributed by atoms with E-state index in [1.54, 1.807) is 13.1 Å². The summed E-state index contributed by atoms with van der Waals surface area (Å²) in [7, 11) is -3.65. The summed E-state index contributed by atoms with van der Waals surface area (Å²) in [6.07, 6.45) is 0. The number of hydrogen-bond donors (Lipinski definition) is 0. The quantitative estimate of drug-likeness (QED) is 0.190. The van der Waals surface area contributed by atoms with Gasteiger partial charge in [0.1, 0.15) is 19.2 Å². The van der Waals surface area contributed by atoms with E-state index in [4.69, 9.17) is 30.5 Å². The van der Waals surface area contributed by atoms with Crippen LogP contribution in [0.25, 0.3) is 78.0 Å². The molecule has 0 unspecified atom stereocenters. The van der Waals surface area contributed by atoms with Crippen molar-refractivity contribution in [3.8, 4) is 45.3 Å². The van der Waals surface area contributed by atoms with Crippen molar-refractivity contribution in [2.75, 3.05) is 0 Å². The van der Waals surface area contributed by atoms with E-state index in [0.29, 0.717) is 0 Å². The summed E-state index contributed by atoms with van der Waals surface area (Å²) in [4.78, 5) is 13.4. The summed E-state index contributed by atoms with van der Waals surface area (Å²) >= 11 is 0. The molecule has 3 heterocycles. The van der Waals surface area contributed by atoms with Gasteiger partial charge in [-0.05, 0) is 38.8 Å². The van der Waals surface area contributed by atoms with E-state index >= 15 is 0 Å². The van der Waals surface area contributed by atoms with Crippen LogP contribution in [0.4, 0.5) is 0 Å². The SMILES string of the molecule is [2H]c1c([2H])c([2H])c(-c2nc(-c3c([2H])c([2H])c([2H])c([2H])c3[2H])nc(-c3c([2H])c4c(c5oc6c([2H])c([2H])c([2H])c([2H])c6c35)-c3c([2H])c([2H])c5c([2H])c([2H])c([2H])c([2H])c5c3[Si]4(C)C)n2)c([2H])c1[2H]. The Bertz CT molecular complexity index is 3460. The van der Waals surface area contributed by atoms with Crippen molar-refractivity contribution in [1.82, 2.24) is 15.0 Å². The minimum atomic E-state index is -3.65. The van der Waals surface area contributed by atoms with Gasteiger partial charge in [0.05, 0.1) is 28.8 Å². The van der Waals surface area contributed by atoms with Gasteiger partial charge in [-0.3, -0.25) is 0 Å². The summed E-state index contributed by atoms with van der Waals surface area (Å²) in [6.45, 7) is 3.44. The van der Waals surface area contributed by atoms with Crippen molar-refractivity contribution >= 4 is 51.2 Å². The summed E-state index contributed by atoms with van der Waals surface area (Å²) in [5.41, 5.74) is -2.33. The molecule has 1 aliphatic rings. The van der Waals surface area contributed by atoms with Crippen molar-refractivity contribution in [2.45, 2.75) is 13.1 Å². The number of fused-ring (bicyclic) bond motifs is 9. The van der Waals surface area contributed by atoms with E-state index in [1.165, 1.54) is 0 Å². The summed E-state index contributed by atoms with van der Waals surface area (Å²) in [5, 5.41) is -0.575. The maximum Gasteiger partial charge on any atom is 0.164 e. The zero-order valence-electron chi connectivity index (χ0n) is 43.7. The van der Waals surface area contributed by atoms with Crippen LogP contribution in [0, 0.1) is 0 Å². The fraction of sp³-hybridized carbons (Fsp3) is 0.0513. The third kappa shape index (κ3) is 3.60. The first-order valence-electron chi connectivity index (χ1n) is 23.7. The molecule has 4 nitrogen and oxygen atoms in total. The average Bonchev–Trinajstić information content (AvgIpc) is 3.78. The third-order valence-electron chi connectivity index (χ3n) is 7.62. The van der Waals surface area contributed by atoms with Crippen LogP contribution in [0.5, 0.6) is 0 Å². The van der Waals surface area contributed by atoms with Gasteiger partial charge in [0.15, 0.2) is 17.5 Å². The van der Waals surface area contributed by atoms with Crippen molar-refractivity contribution in [3.63, 3.8) is 0 Å². The molecular weight excluding hydrogens is 555 g/mol. The molecular formula is C39H27N3OSi. The molecule has 0 fully saturated rings. The molecule has 5 heteroatoms. The third-order valence-corrected chi connectivity index (χ3v) is 11.0. The van der Waals surface area contributed by atoms with Gasteiger partial charge in [-0.15, -0.1) is 0 Å². The van der Waals surface area contributed by atoms with E-state index in [2.05, 4.69) is 15.0 Å². The molecule has 2 aromatic heterocycles. The second kappa shape index (κ2) is 9.30. The van der Waals surface area contributed by atoms with E-state index in [9.17, 15) is 2.74 Å². The van der Waals surface area contributed by atoms with Crippen LogP contribution in [-0.2, 0) is 0 Å². The largest absolute Gasteiger partial charge is 0.455 e. The summed E-state index contributed by atoms with van der Waals surface area (Å²) < 4.78 is 190. The number of benzene rings is 6. The lowest BCUT2D eigenvalue weighted by molar-refractivity contribution is 0.670. The Morgan fingerprint density at radius 3 is 1.89 bits per heavy atom. The van der Waals surface area contributed by atoms with Gasteiger partial charge in [-0.1, -0.05) is 128 Å². The monoisotopic (exact) mass is 602 g/mol. The molecule has 0 amide bonds. The van der Waals surface area contributed by atoms with Crippen LogP contribution >= 0.6 is 0 Å². The second-order valence-corrected chi connectivity index (χ2v) is 14.7. The Morgan fingerprint density at radius 2 is 1.18 bits per heavy atom. The highest BCUT2D eigenvalue weighted by molar-refractivity contribution is 7.05. The summed E-state index contributed by atoms with van der Waals surface area (Å²) in [6, 6.07) is -14.6. The van der Waals surface area contributed by atoms with Gasteiger partial charge in [0.25, 0.3) is 0 Å². The number of furan rings is 1. The predicted octanol–water partition coefficient (Wildman–Crippen LogP) is 8.73. The molecule has 0 saturated heterocycles. The number of rotatable bonds is 3. The van der Waals surface area contributed by atoms with E-state index in [-0.39, 0.29) is 54.2 Å². The van der Waals surface area contributed by atoms with Crippen LogP contribution in [0.15, 0.2) is 131 Å². The Labute approximate surface area is 285 Å². The van der Waals surface area contributed by atoms with Crippen molar-refractivity contribution in [1.29, 1.82) is 0 Å². The van der Waals surface area contributed by atoms with Crippen LogP contribution in [0.3, 0.4) is 0 Å². The second-order valence-electron chi connectivity index (χ2n) is 10.4. The highest BCUT2D eigenvalue weighted by Crippen LogP contribution is 2.44. The van der Waals surface area contributed by atoms with Crippen LogP contribution in [-0.4, -0.2) is 23.0 Å². The fourth-order valence-electron chi connectivity index (χ4n) is 5.75. The van der Waals surface area contributed by atoms with Gasteiger partial charge in [0, 0.05) is 33.0 Å². The van der Waals surface area contributed by atoms with E-state index in [0.717, 1.165) is 0 Å². The van der Waals surface area contributed by atoms with Crippen LogP contribution in [0.2, 0.25) is 13.1 Å². The molecule has 0 bridgehead atoms. The molecule has 208 valence electrons. The standard InChI is InChI=1S/C39H27N3OSi/c1-44(2)32-23-30(39-41-37(25-14-5-3-6-15-25)40-38(42-39)26-16-7-4-8-17-26)33-28-19-11-12-20-31(28)43-35(33)34(32)29-22-21-24-13-9-10-18-27(24)36(29)44/h3-23H,1-2H3/i3D,4D,5D,6D,7D,8D,9D,10D,11D,12D,13D,14D,15D,16D,17D,18D,19D,20D,21D,22D,23D. The Morgan fingerprint density at radius 1 is 0.591 bits per heavy atom. The first-order valence-corrected chi connectivity index (χ1v) is 16.2. The van der Waals surface area contributed by atoms with Crippen molar-refractivity contribution in [3.05, 3.63) is 127 Å². The Kier molecular flexibility index (Phi) is 2.53. The van der Waals surface area contributed by atoms with Gasteiger partial charge in [-0.2, -0.15) is 0 Å². The molecule has 1 aliphatic heterocycles. The summed E-state index contributed by atoms with van der Waals surface area (Å²) in [5.74, 6) is -1.95. The molecule has 44 heavy (non-hydrogen) atoms. The molecule has 8 aromatic rings. The lowest BCUT2D eigenvalue weighted by atomic mass is 9.96. The minimum Gasteiger partial charge on any atom is -0.455 e. The maximum atomic E-state index is 10.2. The zero-order chi connectivity index (χ0) is 47.7. The molecule has 6 aromatic carbocycles. The molecule has 0 atom stereocenters. The van der Waals surface area contributed by atoms with Crippen LogP contribution < -0.4 is 10.4 Å². The Balaban J connectivity index is 1.56. The highest BCUT2D eigenvalue weighted by Gasteiger charge is 2.42. The van der Waals surface area contributed by atoms with Crippen molar-refractivity contribution in [2.24, 2.45) is 0 Å². The maximum absolute atomic E-state index is 10.2. The molecule has 9 rings (SSSR count). The molecule has 0 N–H and O–H groups in total. The first-order chi connectivity index (χ1) is 30.3. The van der Waals surface area contributed by atoms with Gasteiger partial charge in [0.2, 0.25) is 0 Å². The molecule has 0 spiro atoms. The van der Waals surface area contributed by atoms with E-state index < -0.39 is 169 Å². The van der Waals surface area contributed by atoms with Crippen molar-refractivity contribution < 1.29 is 33.2 Å². The fourth-order valence-corrected chi connectivity index (χ4v) is 8.93. The van der Waals surface area contributed by atoms with E-state index in [1.807, 2.05) is 0 Å². The minimum absolute atomic E-state index is 0.00738. The normalized spacial score (nSPS) is 20.1. The highest BCUT2D eigenvalue weighted by atomic mass is 28.3. The Hall–Kier alpha value is -5.39. The van der Waals surface area contributed by atoms with Gasteiger partial charge < -0.3 is 4.42 Å². The predicted molar refractivity (Wildman–Crippen MR) is 183 cm³/mol. The first kappa shape index (κ1) is 11.9. The molecule has 0 saturated carbocycles.